The Bertz CT molecular complexity index is 396. The highest BCUT2D eigenvalue weighted by Crippen LogP contribution is 2.31. The predicted octanol–water partition coefficient (Wildman–Crippen LogP) is 2.83. The summed E-state index contributed by atoms with van der Waals surface area (Å²) >= 11 is 0. The van der Waals surface area contributed by atoms with Gasteiger partial charge in [0.1, 0.15) is 0 Å². The summed E-state index contributed by atoms with van der Waals surface area (Å²) in [7, 11) is 0. The zero-order chi connectivity index (χ0) is 12.4. The van der Waals surface area contributed by atoms with E-state index >= 15 is 0 Å². The first kappa shape index (κ1) is 12.0. The molecule has 2 nitrogen and oxygen atoms in total. The number of fused-ring (bicyclic) bond motifs is 1. The molecule has 1 N–H and O–H groups in total. The van der Waals surface area contributed by atoms with Gasteiger partial charge in [0, 0.05) is 18.3 Å². The zero-order valence-corrected chi connectivity index (χ0v) is 11.4. The fraction of sp³-hybridized carbons (Fsp3) is 0.625. The largest absolute Gasteiger partial charge is 0.368 e. The third-order valence-electron chi connectivity index (χ3n) is 4.58. The van der Waals surface area contributed by atoms with Gasteiger partial charge < -0.3 is 10.2 Å². The average molecular weight is 244 g/mol. The molecule has 98 valence electrons. The summed E-state index contributed by atoms with van der Waals surface area (Å²) in [5.74, 6) is 0.875. The minimum Gasteiger partial charge on any atom is -0.368 e. The zero-order valence-electron chi connectivity index (χ0n) is 11.4. The highest BCUT2D eigenvalue weighted by Gasteiger charge is 2.25. The van der Waals surface area contributed by atoms with E-state index < -0.39 is 0 Å². The summed E-state index contributed by atoms with van der Waals surface area (Å²) in [6.45, 7) is 6.04. The summed E-state index contributed by atoms with van der Waals surface area (Å²) in [4.78, 5) is 2.66. The Morgan fingerprint density at radius 1 is 1.17 bits per heavy atom. The number of anilines is 1. The molecule has 2 aliphatic heterocycles. The molecule has 1 aromatic rings. The van der Waals surface area contributed by atoms with Crippen molar-refractivity contribution in [2.24, 2.45) is 5.92 Å². The lowest BCUT2D eigenvalue weighted by molar-refractivity contribution is 0.360. The van der Waals surface area contributed by atoms with Gasteiger partial charge in [-0.1, -0.05) is 18.2 Å². The first-order chi connectivity index (χ1) is 8.84. The van der Waals surface area contributed by atoms with Gasteiger partial charge in [0.2, 0.25) is 0 Å². The van der Waals surface area contributed by atoms with E-state index in [-0.39, 0.29) is 0 Å². The normalized spacial score (nSPS) is 24.9. The molecule has 1 fully saturated rings. The van der Waals surface area contributed by atoms with Crippen molar-refractivity contribution >= 4 is 5.69 Å². The molecule has 3 rings (SSSR count). The van der Waals surface area contributed by atoms with Crippen LogP contribution in [0.4, 0.5) is 5.69 Å². The van der Waals surface area contributed by atoms with Gasteiger partial charge in [-0.25, -0.2) is 0 Å². The first-order valence-electron chi connectivity index (χ1n) is 7.40. The van der Waals surface area contributed by atoms with Crippen LogP contribution in [0.15, 0.2) is 24.3 Å². The van der Waals surface area contributed by atoms with Crippen molar-refractivity contribution in [3.63, 3.8) is 0 Å². The lowest BCUT2D eigenvalue weighted by Gasteiger charge is -2.40. The number of nitrogens with one attached hydrogen (secondary N) is 1. The smallest absolute Gasteiger partial charge is 0.0401 e. The number of para-hydroxylation sites is 1. The molecule has 1 atom stereocenters. The molecule has 0 aromatic heterocycles. The Hall–Kier alpha value is -1.02. The third kappa shape index (κ3) is 2.39. The predicted molar refractivity (Wildman–Crippen MR) is 77.2 cm³/mol. The van der Waals surface area contributed by atoms with E-state index in [9.17, 15) is 0 Å². The third-order valence-corrected chi connectivity index (χ3v) is 4.58. The molecule has 1 aromatic carbocycles. The summed E-state index contributed by atoms with van der Waals surface area (Å²) in [6, 6.07) is 9.68. The van der Waals surface area contributed by atoms with E-state index in [1.54, 1.807) is 5.56 Å². The lowest BCUT2D eigenvalue weighted by atomic mass is 9.92. The maximum Gasteiger partial charge on any atom is 0.0401 e. The molecule has 0 amide bonds. The Labute approximate surface area is 110 Å². The van der Waals surface area contributed by atoms with E-state index in [0.29, 0.717) is 6.04 Å². The topological polar surface area (TPSA) is 15.3 Å². The van der Waals surface area contributed by atoms with Crippen LogP contribution in [0.25, 0.3) is 0 Å². The molecular weight excluding hydrogens is 220 g/mol. The minimum absolute atomic E-state index is 0.704. The average Bonchev–Trinajstić information content (AvgIpc) is 2.43. The van der Waals surface area contributed by atoms with E-state index in [2.05, 4.69) is 41.4 Å². The maximum absolute atomic E-state index is 3.46. The van der Waals surface area contributed by atoms with Gasteiger partial charge in [-0.2, -0.15) is 0 Å². The van der Waals surface area contributed by atoms with Crippen molar-refractivity contribution in [3.05, 3.63) is 29.8 Å². The standard InChI is InChI=1S/C16H24N2/c1-13-6-7-15-4-2-3-5-16(15)18(13)12-14-8-10-17-11-9-14/h2-5,13-14,17H,6-12H2,1H3. The molecule has 2 heterocycles. The van der Waals surface area contributed by atoms with Crippen molar-refractivity contribution in [2.45, 2.75) is 38.6 Å². The van der Waals surface area contributed by atoms with Crippen molar-refractivity contribution < 1.29 is 0 Å². The molecule has 0 radical (unpaired) electrons. The fourth-order valence-electron chi connectivity index (χ4n) is 3.38. The Kier molecular flexibility index (Phi) is 3.55. The molecule has 18 heavy (non-hydrogen) atoms. The highest BCUT2D eigenvalue weighted by molar-refractivity contribution is 5.56. The van der Waals surface area contributed by atoms with Crippen LogP contribution in [-0.2, 0) is 6.42 Å². The number of piperidine rings is 1. The Morgan fingerprint density at radius 2 is 1.94 bits per heavy atom. The SMILES string of the molecule is CC1CCc2ccccc2N1CC1CCNCC1. The van der Waals surface area contributed by atoms with Crippen LogP contribution < -0.4 is 10.2 Å². The quantitative estimate of drug-likeness (QED) is 0.860. The molecule has 1 saturated heterocycles. The number of nitrogens with zero attached hydrogens (tertiary/aromatic N) is 1. The van der Waals surface area contributed by atoms with E-state index in [0.717, 1.165) is 5.92 Å². The van der Waals surface area contributed by atoms with E-state index in [1.165, 1.54) is 51.0 Å². The number of hydrogen-bond donors (Lipinski definition) is 1. The van der Waals surface area contributed by atoms with Gasteiger partial charge in [0.25, 0.3) is 0 Å². The van der Waals surface area contributed by atoms with Crippen LogP contribution in [-0.4, -0.2) is 25.7 Å². The van der Waals surface area contributed by atoms with E-state index in [4.69, 9.17) is 0 Å². The molecule has 1 unspecified atom stereocenters. The van der Waals surface area contributed by atoms with Crippen LogP contribution in [0.5, 0.6) is 0 Å². The Morgan fingerprint density at radius 3 is 2.78 bits per heavy atom. The molecular formula is C16H24N2. The fourth-order valence-corrected chi connectivity index (χ4v) is 3.38. The first-order valence-corrected chi connectivity index (χ1v) is 7.40. The second-order valence-corrected chi connectivity index (χ2v) is 5.86. The van der Waals surface area contributed by atoms with Gasteiger partial charge >= 0.3 is 0 Å². The van der Waals surface area contributed by atoms with Crippen molar-refractivity contribution in [1.29, 1.82) is 0 Å². The maximum atomic E-state index is 3.46. The van der Waals surface area contributed by atoms with Crippen molar-refractivity contribution in [2.75, 3.05) is 24.5 Å². The molecule has 0 aliphatic carbocycles. The van der Waals surface area contributed by atoms with Gasteiger partial charge in [-0.15, -0.1) is 0 Å². The van der Waals surface area contributed by atoms with Crippen LogP contribution in [0.3, 0.4) is 0 Å². The summed E-state index contributed by atoms with van der Waals surface area (Å²) < 4.78 is 0. The highest BCUT2D eigenvalue weighted by atomic mass is 15.2. The molecule has 2 aliphatic rings. The Balaban J connectivity index is 1.77. The van der Waals surface area contributed by atoms with Crippen LogP contribution >= 0.6 is 0 Å². The minimum atomic E-state index is 0.704. The van der Waals surface area contributed by atoms with E-state index in [1.807, 2.05) is 0 Å². The number of aryl methyl sites for hydroxylation is 1. The van der Waals surface area contributed by atoms with Crippen LogP contribution in [0, 0.1) is 5.92 Å². The molecule has 0 spiro atoms. The molecule has 0 bridgehead atoms. The van der Waals surface area contributed by atoms with Crippen LogP contribution in [0.1, 0.15) is 31.7 Å². The molecule has 0 saturated carbocycles. The summed E-state index contributed by atoms with van der Waals surface area (Å²) in [5, 5.41) is 3.46. The number of rotatable bonds is 2. The monoisotopic (exact) mass is 244 g/mol. The van der Waals surface area contributed by atoms with Gasteiger partial charge in [0.15, 0.2) is 0 Å². The van der Waals surface area contributed by atoms with Crippen LogP contribution in [0.2, 0.25) is 0 Å². The van der Waals surface area contributed by atoms with Crippen molar-refractivity contribution in [3.8, 4) is 0 Å². The van der Waals surface area contributed by atoms with Crippen molar-refractivity contribution in [1.82, 2.24) is 5.32 Å². The second-order valence-electron chi connectivity index (χ2n) is 5.86. The second kappa shape index (κ2) is 5.31. The van der Waals surface area contributed by atoms with Gasteiger partial charge in [0.05, 0.1) is 0 Å². The lowest BCUT2D eigenvalue weighted by Crippen LogP contribution is -2.43. The number of hydrogen-bond acceptors (Lipinski definition) is 2. The summed E-state index contributed by atoms with van der Waals surface area (Å²) in [6.07, 6.45) is 5.23. The molecule has 2 heteroatoms. The van der Waals surface area contributed by atoms with Gasteiger partial charge in [-0.3, -0.25) is 0 Å². The summed E-state index contributed by atoms with van der Waals surface area (Å²) in [5.41, 5.74) is 3.04. The van der Waals surface area contributed by atoms with Gasteiger partial charge in [-0.05, 0) is 63.2 Å². The number of benzene rings is 1.